The van der Waals surface area contributed by atoms with Crippen LogP contribution in [0.3, 0.4) is 0 Å². The van der Waals surface area contributed by atoms with Crippen molar-refractivity contribution < 1.29 is 12.8 Å². The first-order valence-corrected chi connectivity index (χ1v) is 8.92. The lowest BCUT2D eigenvalue weighted by Crippen LogP contribution is -2.12. The van der Waals surface area contributed by atoms with Gasteiger partial charge in [0.2, 0.25) is 0 Å². The molecule has 0 bridgehead atoms. The molecule has 0 aliphatic heterocycles. The average Bonchev–Trinajstić information content (AvgIpc) is 2.67. The first-order chi connectivity index (χ1) is 9.20. The van der Waals surface area contributed by atoms with Crippen LogP contribution in [0, 0.1) is 19.7 Å². The van der Waals surface area contributed by atoms with Crippen LogP contribution in [0.25, 0.3) is 0 Å². The van der Waals surface area contributed by atoms with Crippen LogP contribution in [-0.4, -0.2) is 8.42 Å². The van der Waals surface area contributed by atoms with E-state index in [1.807, 2.05) is 0 Å². The van der Waals surface area contributed by atoms with Gasteiger partial charge in [-0.15, -0.1) is 11.3 Å². The molecule has 0 aliphatic carbocycles. The predicted molar refractivity (Wildman–Crippen MR) is 83.7 cm³/mol. The maximum atomic E-state index is 13.3. The molecule has 0 spiro atoms. The molecule has 0 atom stereocenters. The maximum Gasteiger partial charge on any atom is 0.271 e. The Bertz CT molecular complexity index is 755. The van der Waals surface area contributed by atoms with Gasteiger partial charge in [0.15, 0.2) is 0 Å². The molecule has 3 nitrogen and oxygen atoms in total. The summed E-state index contributed by atoms with van der Waals surface area (Å²) in [5.41, 5.74) is 1.52. The Morgan fingerprint density at radius 1 is 1.25 bits per heavy atom. The fourth-order valence-corrected chi connectivity index (χ4v) is 4.69. The minimum Gasteiger partial charge on any atom is -0.279 e. The van der Waals surface area contributed by atoms with Gasteiger partial charge in [-0.25, -0.2) is 12.8 Å². The van der Waals surface area contributed by atoms with Crippen molar-refractivity contribution >= 4 is 54.6 Å². The zero-order valence-corrected chi connectivity index (χ0v) is 14.5. The van der Waals surface area contributed by atoms with Crippen molar-refractivity contribution in [1.29, 1.82) is 0 Å². The molecular formula is C12H10BrClFNO2S2. The topological polar surface area (TPSA) is 46.2 Å². The van der Waals surface area contributed by atoms with Crippen molar-refractivity contribution in [3.05, 3.63) is 44.0 Å². The SMILES string of the molecule is Cc1cc(F)c(Br)cc1NS(=O)(=O)c1cc(C)c(Cl)s1. The maximum absolute atomic E-state index is 13.3. The molecule has 20 heavy (non-hydrogen) atoms. The Morgan fingerprint density at radius 2 is 1.90 bits per heavy atom. The van der Waals surface area contributed by atoms with Crippen LogP contribution in [0.5, 0.6) is 0 Å². The van der Waals surface area contributed by atoms with E-state index in [0.717, 1.165) is 11.3 Å². The number of hydrogen-bond donors (Lipinski definition) is 1. The fourth-order valence-electron chi connectivity index (χ4n) is 1.52. The highest BCUT2D eigenvalue weighted by molar-refractivity contribution is 9.10. The molecule has 1 heterocycles. The number of thiophene rings is 1. The highest BCUT2D eigenvalue weighted by atomic mass is 79.9. The zero-order valence-electron chi connectivity index (χ0n) is 10.5. The summed E-state index contributed by atoms with van der Waals surface area (Å²) in [6.45, 7) is 3.36. The lowest BCUT2D eigenvalue weighted by molar-refractivity contribution is 0.602. The van der Waals surface area contributed by atoms with Crippen LogP contribution >= 0.6 is 38.9 Å². The van der Waals surface area contributed by atoms with Gasteiger partial charge in [-0.2, -0.15) is 0 Å². The van der Waals surface area contributed by atoms with Gasteiger partial charge in [-0.1, -0.05) is 11.6 Å². The zero-order chi connectivity index (χ0) is 15.1. The Balaban J connectivity index is 2.40. The standard InChI is InChI=1S/C12H10BrClFNO2S2/c1-6-3-9(15)8(13)5-10(6)16-20(17,18)11-4-7(2)12(14)19-11/h3-5,16H,1-2H3. The number of hydrogen-bond acceptors (Lipinski definition) is 3. The van der Waals surface area contributed by atoms with Gasteiger partial charge < -0.3 is 0 Å². The molecule has 0 unspecified atom stereocenters. The molecule has 8 heteroatoms. The second kappa shape index (κ2) is 5.63. The summed E-state index contributed by atoms with van der Waals surface area (Å²) in [5, 5.41) is 0. The predicted octanol–water partition coefficient (Wildman–Crippen LogP) is 4.72. The third kappa shape index (κ3) is 3.16. The second-order valence-corrected chi connectivity index (χ2v) is 8.63. The van der Waals surface area contributed by atoms with E-state index >= 15 is 0 Å². The van der Waals surface area contributed by atoms with Gasteiger partial charge in [0.1, 0.15) is 10.0 Å². The van der Waals surface area contributed by atoms with Crippen LogP contribution in [-0.2, 0) is 10.0 Å². The van der Waals surface area contributed by atoms with Crippen LogP contribution in [0.1, 0.15) is 11.1 Å². The Hall–Kier alpha value is -0.630. The number of sulfonamides is 1. The third-order valence-electron chi connectivity index (χ3n) is 2.61. The van der Waals surface area contributed by atoms with Crippen LogP contribution < -0.4 is 4.72 Å². The fraction of sp³-hybridized carbons (Fsp3) is 0.167. The largest absolute Gasteiger partial charge is 0.279 e. The number of anilines is 1. The van der Waals surface area contributed by atoms with Crippen LogP contribution in [0.4, 0.5) is 10.1 Å². The van der Waals surface area contributed by atoms with Crippen molar-refractivity contribution in [2.75, 3.05) is 4.72 Å². The molecule has 0 saturated carbocycles. The van der Waals surface area contributed by atoms with Crippen molar-refractivity contribution in [2.45, 2.75) is 18.1 Å². The normalized spacial score (nSPS) is 11.7. The van der Waals surface area contributed by atoms with Crippen molar-refractivity contribution in [3.8, 4) is 0 Å². The van der Waals surface area contributed by atoms with Gasteiger partial charge >= 0.3 is 0 Å². The van der Waals surface area contributed by atoms with Crippen LogP contribution in [0.2, 0.25) is 4.34 Å². The molecule has 2 aromatic rings. The number of halogens is 3. The smallest absolute Gasteiger partial charge is 0.271 e. The monoisotopic (exact) mass is 397 g/mol. The highest BCUT2D eigenvalue weighted by Gasteiger charge is 2.20. The van der Waals surface area contributed by atoms with E-state index in [4.69, 9.17) is 11.6 Å². The van der Waals surface area contributed by atoms with E-state index in [1.165, 1.54) is 18.2 Å². The minimum absolute atomic E-state index is 0.125. The molecular weight excluding hydrogens is 389 g/mol. The third-order valence-corrected chi connectivity index (χ3v) is 6.61. The van der Waals surface area contributed by atoms with E-state index in [2.05, 4.69) is 20.7 Å². The lowest BCUT2D eigenvalue weighted by Gasteiger charge is -2.10. The summed E-state index contributed by atoms with van der Waals surface area (Å²) in [6.07, 6.45) is 0. The van der Waals surface area contributed by atoms with Gasteiger partial charge in [0, 0.05) is 0 Å². The second-order valence-electron chi connectivity index (χ2n) is 4.21. The number of benzene rings is 1. The summed E-state index contributed by atoms with van der Waals surface area (Å²) in [6, 6.07) is 4.15. The van der Waals surface area contributed by atoms with Gasteiger partial charge in [-0.3, -0.25) is 4.72 Å². The van der Waals surface area contributed by atoms with Gasteiger partial charge in [0.05, 0.1) is 14.5 Å². The Morgan fingerprint density at radius 3 is 2.45 bits per heavy atom. The molecule has 0 aliphatic rings. The average molecular weight is 399 g/mol. The van der Waals surface area contributed by atoms with Gasteiger partial charge in [0.25, 0.3) is 10.0 Å². The molecule has 2 rings (SSSR count). The molecule has 0 radical (unpaired) electrons. The van der Waals surface area contributed by atoms with E-state index in [0.29, 0.717) is 21.2 Å². The lowest BCUT2D eigenvalue weighted by atomic mass is 10.2. The summed E-state index contributed by atoms with van der Waals surface area (Å²) < 4.78 is 41.0. The summed E-state index contributed by atoms with van der Waals surface area (Å²) >= 11 is 9.90. The van der Waals surface area contributed by atoms with E-state index in [1.54, 1.807) is 13.8 Å². The quantitative estimate of drug-likeness (QED) is 0.813. The van der Waals surface area contributed by atoms with E-state index in [-0.39, 0.29) is 8.68 Å². The Kier molecular flexibility index (Phi) is 4.44. The minimum atomic E-state index is -3.73. The Labute approximate surface area is 134 Å². The van der Waals surface area contributed by atoms with Gasteiger partial charge in [-0.05, 0) is 59.1 Å². The molecule has 108 valence electrons. The summed E-state index contributed by atoms with van der Waals surface area (Å²) in [7, 11) is -3.73. The van der Waals surface area contributed by atoms with Crippen molar-refractivity contribution in [1.82, 2.24) is 0 Å². The molecule has 0 amide bonds. The molecule has 0 fully saturated rings. The molecule has 1 aromatic carbocycles. The molecule has 0 saturated heterocycles. The van der Waals surface area contributed by atoms with E-state index < -0.39 is 15.8 Å². The first kappa shape index (κ1) is 15.8. The number of aryl methyl sites for hydroxylation is 2. The summed E-state index contributed by atoms with van der Waals surface area (Å²) in [4.78, 5) is 0. The van der Waals surface area contributed by atoms with E-state index in [9.17, 15) is 12.8 Å². The molecule has 1 N–H and O–H groups in total. The number of nitrogens with one attached hydrogen (secondary N) is 1. The first-order valence-electron chi connectivity index (χ1n) is 5.45. The summed E-state index contributed by atoms with van der Waals surface area (Å²) in [5.74, 6) is -0.444. The van der Waals surface area contributed by atoms with Crippen molar-refractivity contribution in [2.24, 2.45) is 0 Å². The van der Waals surface area contributed by atoms with Crippen LogP contribution in [0.15, 0.2) is 26.9 Å². The highest BCUT2D eigenvalue weighted by Crippen LogP contribution is 2.32. The number of rotatable bonds is 3. The molecule has 1 aromatic heterocycles. The van der Waals surface area contributed by atoms with Crippen molar-refractivity contribution in [3.63, 3.8) is 0 Å².